The number of hydrogen-bond acceptors (Lipinski definition) is 3. The lowest BCUT2D eigenvalue weighted by Crippen LogP contribution is -2.40. The van der Waals surface area contributed by atoms with Crippen LogP contribution in [-0.2, 0) is 4.79 Å². The van der Waals surface area contributed by atoms with Crippen molar-refractivity contribution >= 4 is 17.7 Å². The van der Waals surface area contributed by atoms with Gasteiger partial charge in [-0.3, -0.25) is 4.79 Å². The number of hydrogen-bond donors (Lipinski definition) is 1. The molecule has 2 fully saturated rings. The van der Waals surface area contributed by atoms with Gasteiger partial charge in [0.2, 0.25) is 5.91 Å². The van der Waals surface area contributed by atoms with Crippen molar-refractivity contribution in [3.05, 3.63) is 0 Å². The predicted octanol–water partition coefficient (Wildman–Crippen LogP) is 0.704. The Hall–Kier alpha value is -0.220. The fraction of sp³-hybridized carbons (Fsp3) is 0.900. The third-order valence-corrected chi connectivity index (χ3v) is 3.74. The molecule has 2 rings (SSSR count). The Morgan fingerprint density at radius 1 is 1.36 bits per heavy atom. The van der Waals surface area contributed by atoms with Crippen molar-refractivity contribution in [2.45, 2.75) is 25.3 Å². The van der Waals surface area contributed by atoms with Gasteiger partial charge in [0, 0.05) is 24.9 Å². The molecule has 0 bridgehead atoms. The van der Waals surface area contributed by atoms with E-state index in [2.05, 4.69) is 5.32 Å². The molecule has 0 aromatic rings. The highest BCUT2D eigenvalue weighted by Gasteiger charge is 2.23. The molecule has 0 aromatic heterocycles. The molecule has 1 amide bonds. The molecule has 0 spiro atoms. The van der Waals surface area contributed by atoms with Crippen LogP contribution in [-0.4, -0.2) is 48.0 Å². The van der Waals surface area contributed by atoms with Gasteiger partial charge in [0.05, 0.1) is 6.54 Å². The van der Waals surface area contributed by atoms with Gasteiger partial charge in [-0.2, -0.15) is 11.8 Å². The standard InChI is InChI=1S/C10H18N2OS/c13-10(8-11-9-2-3-9)12-4-1-6-14-7-5-12/h9,11H,1-8H2. The molecule has 80 valence electrons. The van der Waals surface area contributed by atoms with E-state index in [1.807, 2.05) is 16.7 Å². The zero-order valence-electron chi connectivity index (χ0n) is 8.50. The summed E-state index contributed by atoms with van der Waals surface area (Å²) in [7, 11) is 0. The van der Waals surface area contributed by atoms with Gasteiger partial charge in [-0.05, 0) is 25.0 Å². The predicted molar refractivity (Wildman–Crippen MR) is 59.5 cm³/mol. The Morgan fingerprint density at radius 2 is 2.21 bits per heavy atom. The number of amides is 1. The summed E-state index contributed by atoms with van der Waals surface area (Å²) >= 11 is 1.96. The van der Waals surface area contributed by atoms with Crippen molar-refractivity contribution in [1.82, 2.24) is 10.2 Å². The maximum absolute atomic E-state index is 11.7. The Labute approximate surface area is 89.6 Å². The summed E-state index contributed by atoms with van der Waals surface area (Å²) in [5, 5.41) is 3.28. The number of carbonyl (C=O) groups is 1. The van der Waals surface area contributed by atoms with Crippen LogP contribution in [0.5, 0.6) is 0 Å². The van der Waals surface area contributed by atoms with Gasteiger partial charge >= 0.3 is 0 Å². The molecular formula is C10H18N2OS. The average Bonchev–Trinajstić information content (AvgIpc) is 3.01. The fourth-order valence-corrected chi connectivity index (χ4v) is 2.51. The van der Waals surface area contributed by atoms with Crippen molar-refractivity contribution in [2.24, 2.45) is 0 Å². The second-order valence-corrected chi connectivity index (χ2v) is 5.23. The molecule has 0 unspecified atom stereocenters. The molecule has 1 saturated heterocycles. The van der Waals surface area contributed by atoms with Gasteiger partial charge in [0.1, 0.15) is 0 Å². The number of nitrogens with zero attached hydrogens (tertiary/aromatic N) is 1. The van der Waals surface area contributed by atoms with Gasteiger partial charge in [0.15, 0.2) is 0 Å². The Morgan fingerprint density at radius 3 is 3.00 bits per heavy atom. The van der Waals surface area contributed by atoms with Crippen LogP contribution in [0, 0.1) is 0 Å². The molecule has 2 aliphatic rings. The van der Waals surface area contributed by atoms with Crippen LogP contribution >= 0.6 is 11.8 Å². The molecule has 0 radical (unpaired) electrons. The monoisotopic (exact) mass is 214 g/mol. The summed E-state index contributed by atoms with van der Waals surface area (Å²) < 4.78 is 0. The fourth-order valence-electron chi connectivity index (χ4n) is 1.63. The summed E-state index contributed by atoms with van der Waals surface area (Å²) in [5.41, 5.74) is 0. The first-order valence-electron chi connectivity index (χ1n) is 5.45. The van der Waals surface area contributed by atoms with Crippen molar-refractivity contribution < 1.29 is 4.79 Å². The van der Waals surface area contributed by atoms with E-state index >= 15 is 0 Å². The van der Waals surface area contributed by atoms with Crippen molar-refractivity contribution in [2.75, 3.05) is 31.1 Å². The van der Waals surface area contributed by atoms with Crippen LogP contribution in [0.15, 0.2) is 0 Å². The Balaban J connectivity index is 1.70. The minimum atomic E-state index is 0.291. The molecule has 1 saturated carbocycles. The second kappa shape index (κ2) is 5.03. The number of nitrogens with one attached hydrogen (secondary N) is 1. The van der Waals surface area contributed by atoms with Crippen molar-refractivity contribution in [1.29, 1.82) is 0 Å². The normalized spacial score (nSPS) is 23.3. The van der Waals surface area contributed by atoms with E-state index in [1.54, 1.807) is 0 Å². The molecule has 4 heteroatoms. The molecule has 0 aromatic carbocycles. The maximum Gasteiger partial charge on any atom is 0.236 e. The lowest BCUT2D eigenvalue weighted by atomic mass is 10.4. The molecule has 1 heterocycles. The van der Waals surface area contributed by atoms with Crippen LogP contribution in [0.25, 0.3) is 0 Å². The van der Waals surface area contributed by atoms with E-state index in [4.69, 9.17) is 0 Å². The SMILES string of the molecule is O=C(CNC1CC1)N1CCCSCC1. The summed E-state index contributed by atoms with van der Waals surface area (Å²) in [4.78, 5) is 13.7. The van der Waals surface area contributed by atoms with Crippen LogP contribution in [0.2, 0.25) is 0 Å². The zero-order valence-corrected chi connectivity index (χ0v) is 9.31. The summed E-state index contributed by atoms with van der Waals surface area (Å²) in [6.45, 7) is 2.45. The molecule has 3 nitrogen and oxygen atoms in total. The van der Waals surface area contributed by atoms with E-state index in [9.17, 15) is 4.79 Å². The third kappa shape index (κ3) is 3.17. The quantitative estimate of drug-likeness (QED) is 0.751. The first-order chi connectivity index (χ1) is 6.86. The molecule has 0 atom stereocenters. The van der Waals surface area contributed by atoms with Gasteiger partial charge < -0.3 is 10.2 Å². The highest BCUT2D eigenvalue weighted by atomic mass is 32.2. The topological polar surface area (TPSA) is 32.3 Å². The molecule has 14 heavy (non-hydrogen) atoms. The molecule has 1 N–H and O–H groups in total. The Bertz CT molecular complexity index is 198. The number of thioether (sulfide) groups is 1. The van der Waals surface area contributed by atoms with Crippen molar-refractivity contribution in [3.8, 4) is 0 Å². The maximum atomic E-state index is 11.7. The highest BCUT2D eigenvalue weighted by molar-refractivity contribution is 7.99. The van der Waals surface area contributed by atoms with Gasteiger partial charge in [-0.15, -0.1) is 0 Å². The van der Waals surface area contributed by atoms with E-state index in [1.165, 1.54) is 18.6 Å². The van der Waals surface area contributed by atoms with E-state index < -0.39 is 0 Å². The van der Waals surface area contributed by atoms with Crippen molar-refractivity contribution in [3.63, 3.8) is 0 Å². The van der Waals surface area contributed by atoms with Gasteiger partial charge in [0.25, 0.3) is 0 Å². The van der Waals surface area contributed by atoms with E-state index in [-0.39, 0.29) is 0 Å². The number of rotatable bonds is 3. The average molecular weight is 214 g/mol. The van der Waals surface area contributed by atoms with Gasteiger partial charge in [-0.1, -0.05) is 0 Å². The molecule has 1 aliphatic carbocycles. The minimum Gasteiger partial charge on any atom is -0.341 e. The van der Waals surface area contributed by atoms with Crippen LogP contribution < -0.4 is 5.32 Å². The summed E-state index contributed by atoms with van der Waals surface area (Å²) in [5.74, 6) is 2.61. The summed E-state index contributed by atoms with van der Waals surface area (Å²) in [6, 6.07) is 0.639. The minimum absolute atomic E-state index is 0.291. The molecule has 1 aliphatic heterocycles. The first kappa shape index (κ1) is 10.3. The lowest BCUT2D eigenvalue weighted by molar-refractivity contribution is -0.130. The first-order valence-corrected chi connectivity index (χ1v) is 6.60. The van der Waals surface area contributed by atoms with Crippen LogP contribution in [0.1, 0.15) is 19.3 Å². The van der Waals surface area contributed by atoms with E-state index in [0.29, 0.717) is 18.5 Å². The highest BCUT2D eigenvalue weighted by Crippen LogP contribution is 2.18. The van der Waals surface area contributed by atoms with Crippen LogP contribution in [0.4, 0.5) is 0 Å². The van der Waals surface area contributed by atoms with Gasteiger partial charge in [-0.25, -0.2) is 0 Å². The number of carbonyl (C=O) groups excluding carboxylic acids is 1. The third-order valence-electron chi connectivity index (χ3n) is 2.69. The zero-order chi connectivity index (χ0) is 9.80. The van der Waals surface area contributed by atoms with Crippen LogP contribution in [0.3, 0.4) is 0 Å². The largest absolute Gasteiger partial charge is 0.341 e. The summed E-state index contributed by atoms with van der Waals surface area (Å²) in [6.07, 6.45) is 3.66. The lowest BCUT2D eigenvalue weighted by Gasteiger charge is -2.20. The smallest absolute Gasteiger partial charge is 0.236 e. The Kier molecular flexibility index (Phi) is 3.70. The molecular weight excluding hydrogens is 196 g/mol. The van der Waals surface area contributed by atoms with E-state index in [0.717, 1.165) is 25.3 Å². The second-order valence-electron chi connectivity index (χ2n) is 4.00.